The lowest BCUT2D eigenvalue weighted by Gasteiger charge is -2.31. The summed E-state index contributed by atoms with van der Waals surface area (Å²) in [6.45, 7) is 1.99. The normalized spacial score (nSPS) is 18.0. The minimum Gasteiger partial charge on any atom is -0.477 e. The number of guanidine groups is 1. The molecule has 3 rings (SSSR count). The quantitative estimate of drug-likeness (QED) is 0.316. The molecule has 2 saturated carbocycles. The van der Waals surface area contributed by atoms with Crippen molar-refractivity contribution in [3.05, 3.63) is 23.9 Å². The number of aliphatic imine (C=N–C) groups is 1. The molecule has 1 amide bonds. The van der Waals surface area contributed by atoms with E-state index < -0.39 is 0 Å². The van der Waals surface area contributed by atoms with E-state index in [1.165, 1.54) is 12.8 Å². The van der Waals surface area contributed by atoms with Gasteiger partial charge in [0.05, 0.1) is 12.0 Å². The van der Waals surface area contributed by atoms with Gasteiger partial charge in [0.1, 0.15) is 0 Å². The number of hydrogen-bond donors (Lipinski definition) is 2. The van der Waals surface area contributed by atoms with Gasteiger partial charge in [-0.2, -0.15) is 0 Å². The molecule has 0 aliphatic heterocycles. The van der Waals surface area contributed by atoms with E-state index in [0.717, 1.165) is 37.9 Å². The van der Waals surface area contributed by atoms with Crippen LogP contribution >= 0.6 is 24.0 Å². The van der Waals surface area contributed by atoms with Crippen LogP contribution in [0.1, 0.15) is 44.1 Å². The number of hydrogen-bond acceptors (Lipinski definition) is 4. The summed E-state index contributed by atoms with van der Waals surface area (Å²) in [6.07, 6.45) is 8.38. The number of nitrogens with zero attached hydrogens (tertiary/aromatic N) is 3. The van der Waals surface area contributed by atoms with Crippen molar-refractivity contribution in [1.29, 1.82) is 0 Å². The molecule has 1 aromatic rings. The molecule has 1 heterocycles. The topological polar surface area (TPSA) is 78.9 Å². The summed E-state index contributed by atoms with van der Waals surface area (Å²) >= 11 is 0. The van der Waals surface area contributed by atoms with Crippen LogP contribution in [0.5, 0.6) is 5.88 Å². The van der Waals surface area contributed by atoms with Crippen LogP contribution in [-0.4, -0.2) is 56.0 Å². The molecule has 162 valence electrons. The van der Waals surface area contributed by atoms with Crippen LogP contribution in [0.2, 0.25) is 0 Å². The van der Waals surface area contributed by atoms with E-state index in [1.54, 1.807) is 18.1 Å². The van der Waals surface area contributed by atoms with Crippen molar-refractivity contribution in [2.24, 2.45) is 16.3 Å². The SMILES string of the molecule is CN=C(NCc1ccnc(OCC2CC2)c1)NCC1(C(=O)N(C)C)CCCC1.I. The molecule has 0 radical (unpaired) electrons. The van der Waals surface area contributed by atoms with Gasteiger partial charge in [0, 0.05) is 46.5 Å². The summed E-state index contributed by atoms with van der Waals surface area (Å²) in [5.41, 5.74) is 0.769. The molecule has 2 aliphatic carbocycles. The molecule has 29 heavy (non-hydrogen) atoms. The number of carbonyl (C=O) groups is 1. The van der Waals surface area contributed by atoms with Crippen LogP contribution in [0, 0.1) is 11.3 Å². The Bertz CT molecular complexity index is 700. The second-order valence-corrected chi connectivity index (χ2v) is 8.22. The maximum absolute atomic E-state index is 12.7. The number of nitrogens with one attached hydrogen (secondary N) is 2. The third kappa shape index (κ3) is 6.72. The van der Waals surface area contributed by atoms with Crippen molar-refractivity contribution in [2.45, 2.75) is 45.1 Å². The fourth-order valence-corrected chi connectivity index (χ4v) is 3.78. The maximum atomic E-state index is 12.7. The number of ether oxygens (including phenoxy) is 1. The summed E-state index contributed by atoms with van der Waals surface area (Å²) in [5.74, 6) is 2.30. The first kappa shape index (κ1) is 23.7. The predicted molar refractivity (Wildman–Crippen MR) is 126 cm³/mol. The summed E-state index contributed by atoms with van der Waals surface area (Å²) in [5, 5.41) is 6.70. The highest BCUT2D eigenvalue weighted by molar-refractivity contribution is 14.0. The Hall–Kier alpha value is -1.58. The van der Waals surface area contributed by atoms with E-state index >= 15 is 0 Å². The smallest absolute Gasteiger partial charge is 0.230 e. The second kappa shape index (κ2) is 11.0. The summed E-state index contributed by atoms with van der Waals surface area (Å²) in [7, 11) is 5.42. The zero-order valence-corrected chi connectivity index (χ0v) is 20.1. The highest BCUT2D eigenvalue weighted by Gasteiger charge is 2.42. The number of amides is 1. The third-order valence-electron chi connectivity index (χ3n) is 5.66. The number of rotatable bonds is 8. The van der Waals surface area contributed by atoms with Crippen LogP contribution in [0.3, 0.4) is 0 Å². The molecule has 0 saturated heterocycles. The van der Waals surface area contributed by atoms with Gasteiger partial charge in [0.25, 0.3) is 0 Å². The average Bonchev–Trinajstić information content (AvgIpc) is 3.42. The lowest BCUT2D eigenvalue weighted by atomic mass is 9.84. The van der Waals surface area contributed by atoms with Gasteiger partial charge in [-0.15, -0.1) is 24.0 Å². The van der Waals surface area contributed by atoms with Crippen molar-refractivity contribution >= 4 is 35.8 Å². The molecule has 8 heteroatoms. The monoisotopic (exact) mass is 515 g/mol. The standard InChI is InChI=1S/C21H33N5O2.HI/c1-22-20(25-15-21(9-4-5-10-21)19(27)26(2)3)24-13-17-8-11-23-18(12-17)28-14-16-6-7-16;/h8,11-12,16H,4-7,9-10,13-15H2,1-3H3,(H2,22,24,25);1H. The minimum atomic E-state index is -0.318. The van der Waals surface area contributed by atoms with Gasteiger partial charge >= 0.3 is 0 Å². The highest BCUT2D eigenvalue weighted by atomic mass is 127. The van der Waals surface area contributed by atoms with E-state index in [-0.39, 0.29) is 35.3 Å². The fourth-order valence-electron chi connectivity index (χ4n) is 3.78. The van der Waals surface area contributed by atoms with E-state index in [4.69, 9.17) is 4.74 Å². The van der Waals surface area contributed by atoms with Gasteiger partial charge in [-0.25, -0.2) is 4.98 Å². The van der Waals surface area contributed by atoms with Crippen molar-refractivity contribution < 1.29 is 9.53 Å². The first-order chi connectivity index (χ1) is 13.5. The Morgan fingerprint density at radius 3 is 2.66 bits per heavy atom. The number of carbonyl (C=O) groups excluding carboxylic acids is 1. The Morgan fingerprint density at radius 2 is 2.03 bits per heavy atom. The summed E-state index contributed by atoms with van der Waals surface area (Å²) < 4.78 is 5.75. The highest BCUT2D eigenvalue weighted by Crippen LogP contribution is 2.38. The third-order valence-corrected chi connectivity index (χ3v) is 5.66. The van der Waals surface area contributed by atoms with E-state index in [1.807, 2.05) is 26.2 Å². The average molecular weight is 515 g/mol. The Morgan fingerprint density at radius 1 is 1.31 bits per heavy atom. The van der Waals surface area contributed by atoms with Crippen molar-refractivity contribution in [2.75, 3.05) is 34.3 Å². The molecular formula is C21H34IN5O2. The first-order valence-electron chi connectivity index (χ1n) is 10.3. The number of halogens is 1. The molecule has 2 N–H and O–H groups in total. The van der Waals surface area contributed by atoms with Gasteiger partial charge in [-0.3, -0.25) is 9.79 Å². The van der Waals surface area contributed by atoms with E-state index in [2.05, 4.69) is 20.6 Å². The second-order valence-electron chi connectivity index (χ2n) is 8.22. The van der Waals surface area contributed by atoms with E-state index in [0.29, 0.717) is 30.8 Å². The summed E-state index contributed by atoms with van der Waals surface area (Å²) in [6, 6.07) is 3.94. The lowest BCUT2D eigenvalue weighted by molar-refractivity contribution is -0.138. The van der Waals surface area contributed by atoms with E-state index in [9.17, 15) is 4.79 Å². The Labute approximate surface area is 191 Å². The van der Waals surface area contributed by atoms with Crippen LogP contribution in [-0.2, 0) is 11.3 Å². The Balaban J connectivity index is 0.00000300. The minimum absolute atomic E-state index is 0. The van der Waals surface area contributed by atoms with Gasteiger partial charge in [0.15, 0.2) is 5.96 Å². The fraction of sp³-hybridized carbons (Fsp3) is 0.667. The molecule has 2 fully saturated rings. The van der Waals surface area contributed by atoms with Gasteiger partial charge in [-0.1, -0.05) is 12.8 Å². The molecule has 0 spiro atoms. The Kier molecular flexibility index (Phi) is 8.98. The van der Waals surface area contributed by atoms with Crippen molar-refractivity contribution in [1.82, 2.24) is 20.5 Å². The predicted octanol–water partition coefficient (Wildman–Crippen LogP) is 2.80. The number of aromatic nitrogens is 1. The van der Waals surface area contributed by atoms with Gasteiger partial charge in [0.2, 0.25) is 11.8 Å². The zero-order valence-electron chi connectivity index (χ0n) is 17.7. The summed E-state index contributed by atoms with van der Waals surface area (Å²) in [4.78, 5) is 23.0. The molecule has 2 aliphatic rings. The van der Waals surface area contributed by atoms with Crippen molar-refractivity contribution in [3.8, 4) is 5.88 Å². The maximum Gasteiger partial charge on any atom is 0.230 e. The van der Waals surface area contributed by atoms with Crippen LogP contribution in [0.25, 0.3) is 0 Å². The molecule has 0 aromatic carbocycles. The van der Waals surface area contributed by atoms with Gasteiger partial charge < -0.3 is 20.3 Å². The molecule has 7 nitrogen and oxygen atoms in total. The number of pyridine rings is 1. The van der Waals surface area contributed by atoms with Crippen LogP contribution in [0.15, 0.2) is 23.3 Å². The molecular weight excluding hydrogens is 481 g/mol. The molecule has 0 bridgehead atoms. The van der Waals surface area contributed by atoms with Gasteiger partial charge in [-0.05, 0) is 43.2 Å². The molecule has 0 atom stereocenters. The molecule has 1 aromatic heterocycles. The zero-order chi connectivity index (χ0) is 20.0. The van der Waals surface area contributed by atoms with Crippen molar-refractivity contribution in [3.63, 3.8) is 0 Å². The lowest BCUT2D eigenvalue weighted by Crippen LogP contribution is -2.49. The first-order valence-corrected chi connectivity index (χ1v) is 10.3. The van der Waals surface area contributed by atoms with Crippen LogP contribution < -0.4 is 15.4 Å². The largest absolute Gasteiger partial charge is 0.477 e. The molecule has 0 unspecified atom stereocenters. The van der Waals surface area contributed by atoms with Crippen LogP contribution in [0.4, 0.5) is 0 Å².